The largest absolute Gasteiger partial charge is 0.508 e. The number of phenolic OH excluding ortho intramolecular Hbond substituents is 1. The zero-order valence-electron chi connectivity index (χ0n) is 7.12. The maximum absolute atomic E-state index is 9.18. The van der Waals surface area contributed by atoms with Crippen LogP contribution in [0.3, 0.4) is 0 Å². The monoisotopic (exact) mass is 166 g/mol. The van der Waals surface area contributed by atoms with Crippen LogP contribution in [-0.4, -0.2) is 11.7 Å². The van der Waals surface area contributed by atoms with Gasteiger partial charge < -0.3 is 16.6 Å². The molecule has 1 aromatic rings. The molecule has 3 nitrogen and oxygen atoms in total. The number of phenols is 1. The molecule has 0 aliphatic heterocycles. The highest BCUT2D eigenvalue weighted by molar-refractivity contribution is 5.31. The predicted octanol–water partition coefficient (Wildman–Crippen LogP) is 0.525. The van der Waals surface area contributed by atoms with Gasteiger partial charge in [0.15, 0.2) is 0 Å². The Morgan fingerprint density at radius 2 is 2.17 bits per heavy atom. The second-order valence-electron chi connectivity index (χ2n) is 3.17. The van der Waals surface area contributed by atoms with E-state index in [-0.39, 0.29) is 5.75 Å². The Morgan fingerprint density at radius 3 is 2.67 bits per heavy atom. The molecular formula is C9H14N2O. The van der Waals surface area contributed by atoms with Crippen molar-refractivity contribution in [2.24, 2.45) is 11.5 Å². The number of rotatable bonds is 2. The molecule has 0 aromatic heterocycles. The average molecular weight is 166 g/mol. The molecule has 1 unspecified atom stereocenters. The Hall–Kier alpha value is -1.06. The number of benzene rings is 1. The first-order valence-corrected chi connectivity index (χ1v) is 3.85. The van der Waals surface area contributed by atoms with Gasteiger partial charge in [-0.3, -0.25) is 0 Å². The summed E-state index contributed by atoms with van der Waals surface area (Å²) in [5.74, 6) is 0.220. The molecule has 0 heterocycles. The molecule has 0 radical (unpaired) electrons. The fourth-order valence-corrected chi connectivity index (χ4v) is 0.979. The molecule has 1 rings (SSSR count). The third-order valence-electron chi connectivity index (χ3n) is 1.93. The van der Waals surface area contributed by atoms with Crippen LogP contribution in [0.5, 0.6) is 5.75 Å². The second-order valence-corrected chi connectivity index (χ2v) is 3.17. The first-order valence-electron chi connectivity index (χ1n) is 3.85. The number of aromatic hydroxyl groups is 1. The molecule has 12 heavy (non-hydrogen) atoms. The lowest BCUT2D eigenvalue weighted by atomic mass is 9.93. The zero-order chi connectivity index (χ0) is 9.19. The Labute approximate surface area is 72.0 Å². The summed E-state index contributed by atoms with van der Waals surface area (Å²) < 4.78 is 0. The lowest BCUT2D eigenvalue weighted by molar-refractivity contribution is 0.464. The molecule has 0 saturated heterocycles. The highest BCUT2D eigenvalue weighted by atomic mass is 16.3. The minimum atomic E-state index is -0.557. The second kappa shape index (κ2) is 3.13. The van der Waals surface area contributed by atoms with Gasteiger partial charge in [-0.2, -0.15) is 0 Å². The molecule has 66 valence electrons. The Morgan fingerprint density at radius 1 is 1.50 bits per heavy atom. The van der Waals surface area contributed by atoms with Crippen LogP contribution in [0.1, 0.15) is 12.5 Å². The van der Waals surface area contributed by atoms with Crippen molar-refractivity contribution in [2.45, 2.75) is 12.5 Å². The molecule has 0 fully saturated rings. The normalized spacial score (nSPS) is 15.6. The summed E-state index contributed by atoms with van der Waals surface area (Å²) in [4.78, 5) is 0. The molecule has 0 saturated carbocycles. The number of hydrogen-bond donors (Lipinski definition) is 3. The van der Waals surface area contributed by atoms with Gasteiger partial charge >= 0.3 is 0 Å². The van der Waals surface area contributed by atoms with E-state index in [9.17, 15) is 5.11 Å². The highest BCUT2D eigenvalue weighted by Gasteiger charge is 2.18. The van der Waals surface area contributed by atoms with E-state index in [0.29, 0.717) is 6.54 Å². The molecule has 1 aromatic carbocycles. The molecular weight excluding hydrogens is 152 g/mol. The molecule has 0 bridgehead atoms. The molecule has 1 atom stereocenters. The molecule has 0 aliphatic carbocycles. The van der Waals surface area contributed by atoms with Crippen LogP contribution in [0.25, 0.3) is 0 Å². The van der Waals surface area contributed by atoms with Gasteiger partial charge in [0, 0.05) is 6.54 Å². The molecule has 3 heteroatoms. The van der Waals surface area contributed by atoms with E-state index in [2.05, 4.69) is 0 Å². The van der Waals surface area contributed by atoms with Crippen molar-refractivity contribution in [3.63, 3.8) is 0 Å². The van der Waals surface area contributed by atoms with Crippen molar-refractivity contribution in [3.8, 4) is 5.75 Å². The van der Waals surface area contributed by atoms with Crippen LogP contribution < -0.4 is 11.5 Å². The standard InChI is InChI=1S/C9H14N2O/c1-9(11,6-10)7-3-2-4-8(12)5-7/h2-5,12H,6,10-11H2,1H3. The third kappa shape index (κ3) is 1.75. The van der Waals surface area contributed by atoms with Gasteiger partial charge in [0.2, 0.25) is 0 Å². The highest BCUT2D eigenvalue weighted by Crippen LogP contribution is 2.20. The maximum Gasteiger partial charge on any atom is 0.115 e. The number of nitrogens with two attached hydrogens (primary N) is 2. The SMILES string of the molecule is CC(N)(CN)c1cccc(O)c1. The van der Waals surface area contributed by atoms with E-state index in [1.54, 1.807) is 18.2 Å². The quantitative estimate of drug-likeness (QED) is 0.600. The number of hydrogen-bond acceptors (Lipinski definition) is 3. The maximum atomic E-state index is 9.18. The summed E-state index contributed by atoms with van der Waals surface area (Å²) in [5, 5.41) is 9.18. The van der Waals surface area contributed by atoms with Gasteiger partial charge in [0.05, 0.1) is 5.54 Å². The van der Waals surface area contributed by atoms with Crippen molar-refractivity contribution in [1.29, 1.82) is 0 Å². The zero-order valence-corrected chi connectivity index (χ0v) is 7.12. The van der Waals surface area contributed by atoms with E-state index in [0.717, 1.165) is 5.56 Å². The van der Waals surface area contributed by atoms with Crippen molar-refractivity contribution >= 4 is 0 Å². The summed E-state index contributed by atoms with van der Waals surface area (Å²) in [6.45, 7) is 2.19. The third-order valence-corrected chi connectivity index (χ3v) is 1.93. The predicted molar refractivity (Wildman–Crippen MR) is 48.7 cm³/mol. The first kappa shape index (κ1) is 9.03. The van der Waals surface area contributed by atoms with Gasteiger partial charge in [0.25, 0.3) is 0 Å². The van der Waals surface area contributed by atoms with E-state index in [4.69, 9.17) is 11.5 Å². The van der Waals surface area contributed by atoms with Crippen molar-refractivity contribution in [1.82, 2.24) is 0 Å². The fourth-order valence-electron chi connectivity index (χ4n) is 0.979. The lowest BCUT2D eigenvalue weighted by Crippen LogP contribution is -2.40. The summed E-state index contributed by atoms with van der Waals surface area (Å²) in [5.41, 5.74) is 11.6. The molecule has 0 amide bonds. The van der Waals surface area contributed by atoms with Crippen LogP contribution in [-0.2, 0) is 5.54 Å². The topological polar surface area (TPSA) is 72.3 Å². The summed E-state index contributed by atoms with van der Waals surface area (Å²) in [6.07, 6.45) is 0. The van der Waals surface area contributed by atoms with Gasteiger partial charge in [0.1, 0.15) is 5.75 Å². The van der Waals surface area contributed by atoms with Crippen molar-refractivity contribution < 1.29 is 5.11 Å². The van der Waals surface area contributed by atoms with Gasteiger partial charge in [-0.15, -0.1) is 0 Å². The Kier molecular flexibility index (Phi) is 2.35. The Bertz CT molecular complexity index is 271. The van der Waals surface area contributed by atoms with E-state index in [1.807, 2.05) is 13.0 Å². The smallest absolute Gasteiger partial charge is 0.115 e. The van der Waals surface area contributed by atoms with Crippen molar-refractivity contribution in [3.05, 3.63) is 29.8 Å². The van der Waals surface area contributed by atoms with E-state index >= 15 is 0 Å². The summed E-state index contributed by atoms with van der Waals surface area (Å²) >= 11 is 0. The van der Waals surface area contributed by atoms with Crippen LogP contribution in [0.2, 0.25) is 0 Å². The fraction of sp³-hybridized carbons (Fsp3) is 0.333. The van der Waals surface area contributed by atoms with Crippen LogP contribution in [0, 0.1) is 0 Å². The van der Waals surface area contributed by atoms with Gasteiger partial charge in [-0.05, 0) is 24.6 Å². The average Bonchev–Trinajstić information content (AvgIpc) is 2.05. The first-order chi connectivity index (χ1) is 5.56. The van der Waals surface area contributed by atoms with Gasteiger partial charge in [-0.1, -0.05) is 12.1 Å². The molecule has 5 N–H and O–H groups in total. The minimum Gasteiger partial charge on any atom is -0.508 e. The van der Waals surface area contributed by atoms with Gasteiger partial charge in [-0.25, -0.2) is 0 Å². The molecule has 0 aliphatic rings. The van der Waals surface area contributed by atoms with Crippen LogP contribution in [0.4, 0.5) is 0 Å². The lowest BCUT2D eigenvalue weighted by Gasteiger charge is -2.22. The van der Waals surface area contributed by atoms with E-state index in [1.165, 1.54) is 0 Å². The van der Waals surface area contributed by atoms with Crippen molar-refractivity contribution in [2.75, 3.05) is 6.54 Å². The summed E-state index contributed by atoms with van der Waals surface area (Å²) in [7, 11) is 0. The van der Waals surface area contributed by atoms with Crippen LogP contribution in [0.15, 0.2) is 24.3 Å². The van der Waals surface area contributed by atoms with E-state index < -0.39 is 5.54 Å². The minimum absolute atomic E-state index is 0.220. The summed E-state index contributed by atoms with van der Waals surface area (Å²) in [6, 6.07) is 6.85. The van der Waals surface area contributed by atoms with Crippen LogP contribution >= 0.6 is 0 Å². The Balaban J connectivity index is 3.03. The molecule has 0 spiro atoms.